The predicted octanol–water partition coefficient (Wildman–Crippen LogP) is 0.485. The maximum atomic E-state index is 12.0. The molecule has 1 fully saturated rings. The fourth-order valence-corrected chi connectivity index (χ4v) is 2.76. The molecule has 0 unspecified atom stereocenters. The van der Waals surface area contributed by atoms with Crippen LogP contribution >= 0.6 is 0 Å². The van der Waals surface area contributed by atoms with Gasteiger partial charge in [-0.1, -0.05) is 0 Å². The van der Waals surface area contributed by atoms with Gasteiger partial charge in [0, 0.05) is 24.5 Å². The smallest absolute Gasteiger partial charge is 0.238 e. The standard InChI is InChI=1S/C14H20N2O4S/c1-21(19,20)13-6-2-11(3-7-13)15-14(18)10-16(8-9-17)12-4-5-12/h2-3,6-7,12,17H,4-5,8-10H2,1H3,(H,15,18). The minimum atomic E-state index is -3.23. The van der Waals surface area contributed by atoms with Gasteiger partial charge in [-0.2, -0.15) is 0 Å². The normalized spacial score (nSPS) is 15.2. The number of carbonyl (C=O) groups is 1. The second-order valence-corrected chi connectivity index (χ2v) is 7.29. The number of carbonyl (C=O) groups excluding carboxylic acids is 1. The highest BCUT2D eigenvalue weighted by Gasteiger charge is 2.29. The van der Waals surface area contributed by atoms with Crippen LogP contribution in [0.15, 0.2) is 29.2 Å². The number of sulfone groups is 1. The Morgan fingerprint density at radius 3 is 2.43 bits per heavy atom. The van der Waals surface area contributed by atoms with E-state index in [2.05, 4.69) is 5.32 Å². The Kier molecular flexibility index (Phi) is 4.97. The molecule has 116 valence electrons. The number of anilines is 1. The number of aliphatic hydroxyl groups excluding tert-OH is 1. The van der Waals surface area contributed by atoms with E-state index in [0.29, 0.717) is 18.3 Å². The van der Waals surface area contributed by atoms with Gasteiger partial charge in [0.2, 0.25) is 5.91 Å². The van der Waals surface area contributed by atoms with Crippen molar-refractivity contribution in [3.8, 4) is 0 Å². The molecule has 1 aliphatic carbocycles. The molecule has 1 aromatic carbocycles. The second-order valence-electron chi connectivity index (χ2n) is 5.27. The van der Waals surface area contributed by atoms with Gasteiger partial charge < -0.3 is 10.4 Å². The van der Waals surface area contributed by atoms with E-state index in [-0.39, 0.29) is 24.0 Å². The van der Waals surface area contributed by atoms with Gasteiger partial charge in [0.1, 0.15) is 0 Å². The minimum absolute atomic E-state index is 0.0346. The molecule has 21 heavy (non-hydrogen) atoms. The summed E-state index contributed by atoms with van der Waals surface area (Å²) in [7, 11) is -3.23. The van der Waals surface area contributed by atoms with Crippen LogP contribution in [-0.4, -0.2) is 56.3 Å². The number of aliphatic hydroxyl groups is 1. The lowest BCUT2D eigenvalue weighted by Crippen LogP contribution is -2.36. The summed E-state index contributed by atoms with van der Waals surface area (Å²) in [5.74, 6) is -0.164. The Morgan fingerprint density at radius 2 is 1.95 bits per heavy atom. The van der Waals surface area contributed by atoms with Crippen LogP contribution < -0.4 is 5.32 Å². The van der Waals surface area contributed by atoms with Gasteiger partial charge in [0.05, 0.1) is 18.0 Å². The molecule has 2 rings (SSSR count). The zero-order valence-corrected chi connectivity index (χ0v) is 12.8. The summed E-state index contributed by atoms with van der Waals surface area (Å²) in [6.45, 7) is 0.761. The van der Waals surface area contributed by atoms with E-state index in [1.54, 1.807) is 12.1 Å². The SMILES string of the molecule is CS(=O)(=O)c1ccc(NC(=O)CN(CCO)C2CC2)cc1. The Bertz CT molecular complexity index is 594. The van der Waals surface area contributed by atoms with Crippen molar-refractivity contribution in [2.24, 2.45) is 0 Å². The Balaban J connectivity index is 1.93. The number of amides is 1. The first-order valence-corrected chi connectivity index (χ1v) is 8.74. The Hall–Kier alpha value is -1.44. The summed E-state index contributed by atoms with van der Waals surface area (Å²) >= 11 is 0. The van der Waals surface area contributed by atoms with Crippen molar-refractivity contribution in [3.05, 3.63) is 24.3 Å². The summed E-state index contributed by atoms with van der Waals surface area (Å²) in [5.41, 5.74) is 0.562. The lowest BCUT2D eigenvalue weighted by Gasteiger charge is -2.20. The highest BCUT2D eigenvalue weighted by atomic mass is 32.2. The summed E-state index contributed by atoms with van der Waals surface area (Å²) in [6, 6.07) is 6.48. The van der Waals surface area contributed by atoms with Crippen LogP contribution in [0.5, 0.6) is 0 Å². The first-order valence-electron chi connectivity index (χ1n) is 6.85. The summed E-state index contributed by atoms with van der Waals surface area (Å²) in [6.07, 6.45) is 3.27. The van der Waals surface area contributed by atoms with Gasteiger partial charge in [-0.25, -0.2) is 8.42 Å². The molecule has 2 N–H and O–H groups in total. The molecule has 1 aromatic rings. The van der Waals surface area contributed by atoms with E-state index in [9.17, 15) is 13.2 Å². The fourth-order valence-electron chi connectivity index (χ4n) is 2.13. The molecule has 0 spiro atoms. The molecule has 7 heteroatoms. The lowest BCUT2D eigenvalue weighted by atomic mass is 10.3. The molecule has 0 aromatic heterocycles. The van der Waals surface area contributed by atoms with Crippen LogP contribution in [0.4, 0.5) is 5.69 Å². The summed E-state index contributed by atoms with van der Waals surface area (Å²) < 4.78 is 22.7. The first kappa shape index (κ1) is 15.9. The van der Waals surface area contributed by atoms with Crippen LogP contribution in [0.25, 0.3) is 0 Å². The second kappa shape index (κ2) is 6.55. The van der Waals surface area contributed by atoms with Crippen molar-refractivity contribution in [2.45, 2.75) is 23.8 Å². The lowest BCUT2D eigenvalue weighted by molar-refractivity contribution is -0.117. The average Bonchev–Trinajstić information content (AvgIpc) is 3.22. The monoisotopic (exact) mass is 312 g/mol. The van der Waals surface area contributed by atoms with Crippen molar-refractivity contribution in [1.29, 1.82) is 0 Å². The van der Waals surface area contributed by atoms with Crippen molar-refractivity contribution >= 4 is 21.4 Å². The van der Waals surface area contributed by atoms with Gasteiger partial charge >= 0.3 is 0 Å². The molecular weight excluding hydrogens is 292 g/mol. The molecule has 1 aliphatic rings. The third-order valence-corrected chi connectivity index (χ3v) is 4.49. The minimum Gasteiger partial charge on any atom is -0.395 e. The van der Waals surface area contributed by atoms with Crippen LogP contribution in [0.2, 0.25) is 0 Å². The topological polar surface area (TPSA) is 86.7 Å². The van der Waals surface area contributed by atoms with E-state index >= 15 is 0 Å². The number of benzene rings is 1. The van der Waals surface area contributed by atoms with E-state index in [4.69, 9.17) is 5.11 Å². The average molecular weight is 312 g/mol. The van der Waals surface area contributed by atoms with Crippen molar-refractivity contribution in [3.63, 3.8) is 0 Å². The predicted molar refractivity (Wildman–Crippen MR) is 79.9 cm³/mol. The quantitative estimate of drug-likeness (QED) is 0.765. The molecule has 0 atom stereocenters. The maximum Gasteiger partial charge on any atom is 0.238 e. The molecule has 0 bridgehead atoms. The Morgan fingerprint density at radius 1 is 1.33 bits per heavy atom. The third-order valence-electron chi connectivity index (χ3n) is 3.36. The highest BCUT2D eigenvalue weighted by molar-refractivity contribution is 7.90. The summed E-state index contributed by atoms with van der Waals surface area (Å²) in [5, 5.41) is 11.7. The summed E-state index contributed by atoms with van der Waals surface area (Å²) in [4.78, 5) is 14.1. The molecule has 0 saturated heterocycles. The van der Waals surface area contributed by atoms with E-state index in [0.717, 1.165) is 19.1 Å². The molecule has 6 nitrogen and oxygen atoms in total. The van der Waals surface area contributed by atoms with E-state index in [1.165, 1.54) is 12.1 Å². The Labute approximate surface area is 124 Å². The van der Waals surface area contributed by atoms with Gasteiger partial charge in [0.15, 0.2) is 9.84 Å². The molecule has 0 heterocycles. The molecule has 1 amide bonds. The highest BCUT2D eigenvalue weighted by Crippen LogP contribution is 2.26. The molecule has 0 radical (unpaired) electrons. The van der Waals surface area contributed by atoms with Crippen molar-refractivity contribution in [2.75, 3.05) is 31.3 Å². The molecule has 1 saturated carbocycles. The maximum absolute atomic E-state index is 12.0. The largest absolute Gasteiger partial charge is 0.395 e. The van der Waals surface area contributed by atoms with Crippen molar-refractivity contribution in [1.82, 2.24) is 4.90 Å². The first-order chi connectivity index (χ1) is 9.90. The zero-order valence-electron chi connectivity index (χ0n) is 11.9. The van der Waals surface area contributed by atoms with E-state index < -0.39 is 9.84 Å². The number of hydrogen-bond donors (Lipinski definition) is 2. The van der Waals surface area contributed by atoms with Gasteiger partial charge in [-0.05, 0) is 37.1 Å². The van der Waals surface area contributed by atoms with Crippen LogP contribution in [0.3, 0.4) is 0 Å². The zero-order chi connectivity index (χ0) is 15.5. The molecular formula is C14H20N2O4S. The van der Waals surface area contributed by atoms with Gasteiger partial charge in [-0.3, -0.25) is 9.69 Å². The number of nitrogens with one attached hydrogen (secondary N) is 1. The van der Waals surface area contributed by atoms with Crippen LogP contribution in [-0.2, 0) is 14.6 Å². The molecule has 0 aliphatic heterocycles. The van der Waals surface area contributed by atoms with Gasteiger partial charge in [-0.15, -0.1) is 0 Å². The number of nitrogens with zero attached hydrogens (tertiary/aromatic N) is 1. The van der Waals surface area contributed by atoms with Crippen molar-refractivity contribution < 1.29 is 18.3 Å². The van der Waals surface area contributed by atoms with Crippen LogP contribution in [0, 0.1) is 0 Å². The fraction of sp³-hybridized carbons (Fsp3) is 0.500. The van der Waals surface area contributed by atoms with Crippen LogP contribution in [0.1, 0.15) is 12.8 Å². The van der Waals surface area contributed by atoms with Gasteiger partial charge in [0.25, 0.3) is 0 Å². The van der Waals surface area contributed by atoms with E-state index in [1.807, 2.05) is 4.90 Å². The number of hydrogen-bond acceptors (Lipinski definition) is 5. The number of rotatable bonds is 7. The third kappa shape index (κ3) is 4.80.